The van der Waals surface area contributed by atoms with Crippen LogP contribution in [0.15, 0.2) is 48.0 Å². The Morgan fingerprint density at radius 1 is 1.16 bits per heavy atom. The maximum absolute atomic E-state index is 13.1. The number of aromatic nitrogens is 1. The van der Waals surface area contributed by atoms with Gasteiger partial charge >= 0.3 is 0 Å². The van der Waals surface area contributed by atoms with Crippen LogP contribution in [-0.2, 0) is 11.2 Å². The van der Waals surface area contributed by atoms with Gasteiger partial charge in [-0.15, -0.1) is 11.3 Å². The van der Waals surface area contributed by atoms with Gasteiger partial charge in [-0.2, -0.15) is 0 Å². The Hall–Kier alpha value is -3.03. The number of phenols is 1. The van der Waals surface area contributed by atoms with Crippen LogP contribution in [0.1, 0.15) is 40.0 Å². The van der Waals surface area contributed by atoms with Gasteiger partial charge in [0.05, 0.1) is 28.2 Å². The average Bonchev–Trinajstić information content (AvgIpc) is 3.39. The van der Waals surface area contributed by atoms with Crippen LogP contribution in [0.4, 0.5) is 0 Å². The largest absolute Gasteiger partial charge is 0.508 e. The summed E-state index contributed by atoms with van der Waals surface area (Å²) in [4.78, 5) is 33.0. The lowest BCUT2D eigenvalue weighted by Crippen LogP contribution is -2.41. The van der Waals surface area contributed by atoms with Gasteiger partial charge in [-0.3, -0.25) is 9.59 Å². The van der Waals surface area contributed by atoms with Crippen molar-refractivity contribution in [2.45, 2.75) is 45.3 Å². The van der Waals surface area contributed by atoms with Crippen LogP contribution >= 0.6 is 11.3 Å². The van der Waals surface area contributed by atoms with Gasteiger partial charge in [-0.25, -0.2) is 4.98 Å². The number of nitrogens with zero attached hydrogens (tertiary/aromatic N) is 2. The number of thiazole rings is 1. The standard InChI is InChI=1S/C25H26N2O4S/c1-15-3-9-19(28)11-21(15)25(31)27-13-20(29)12-22(27)23(30)10-6-17-4-7-18(8-5-17)24-16(2)26-14-32-24/h3-5,7-9,11,14,20,22,28-29H,6,10,12-13H2,1-2H3/t20-,22+/m1/s1. The van der Waals surface area contributed by atoms with Gasteiger partial charge in [0.15, 0.2) is 5.78 Å². The molecule has 2 N–H and O–H groups in total. The number of phenolic OH excluding ortho intramolecular Hbond substituents is 1. The molecule has 3 aromatic rings. The number of rotatable bonds is 6. The summed E-state index contributed by atoms with van der Waals surface area (Å²) in [6, 6.07) is 12.1. The molecule has 0 radical (unpaired) electrons. The average molecular weight is 451 g/mol. The number of likely N-dealkylation sites (tertiary alicyclic amines) is 1. The molecule has 1 aliphatic heterocycles. The van der Waals surface area contributed by atoms with Crippen LogP contribution in [0.5, 0.6) is 5.75 Å². The van der Waals surface area contributed by atoms with Crippen molar-refractivity contribution >= 4 is 23.0 Å². The molecule has 0 bridgehead atoms. The Morgan fingerprint density at radius 3 is 2.59 bits per heavy atom. The van der Waals surface area contributed by atoms with Crippen LogP contribution in [0, 0.1) is 13.8 Å². The highest BCUT2D eigenvalue weighted by Gasteiger charge is 2.39. The number of aromatic hydroxyl groups is 1. The van der Waals surface area contributed by atoms with Crippen molar-refractivity contribution in [2.75, 3.05) is 6.54 Å². The molecule has 1 amide bonds. The first kappa shape index (κ1) is 22.2. The van der Waals surface area contributed by atoms with Gasteiger partial charge in [-0.05, 0) is 49.1 Å². The summed E-state index contributed by atoms with van der Waals surface area (Å²) in [7, 11) is 0. The van der Waals surface area contributed by atoms with Gasteiger partial charge in [-0.1, -0.05) is 30.3 Å². The van der Waals surface area contributed by atoms with E-state index in [2.05, 4.69) is 4.98 Å². The Bertz CT molecular complexity index is 1140. The Balaban J connectivity index is 1.43. The topological polar surface area (TPSA) is 90.7 Å². The lowest BCUT2D eigenvalue weighted by molar-refractivity contribution is -0.122. The second-order valence-electron chi connectivity index (χ2n) is 8.29. The van der Waals surface area contributed by atoms with E-state index in [9.17, 15) is 19.8 Å². The summed E-state index contributed by atoms with van der Waals surface area (Å²) in [6.45, 7) is 3.89. The lowest BCUT2D eigenvalue weighted by Gasteiger charge is -2.24. The minimum Gasteiger partial charge on any atom is -0.508 e. The van der Waals surface area contributed by atoms with Gasteiger partial charge in [0, 0.05) is 24.9 Å². The first-order chi connectivity index (χ1) is 15.3. The zero-order valence-electron chi connectivity index (χ0n) is 18.1. The molecule has 0 unspecified atom stereocenters. The van der Waals surface area contributed by atoms with E-state index in [1.165, 1.54) is 17.0 Å². The van der Waals surface area contributed by atoms with Crippen molar-refractivity contribution in [3.63, 3.8) is 0 Å². The molecule has 1 fully saturated rings. The molecule has 7 heteroatoms. The molecule has 2 heterocycles. The number of carbonyl (C=O) groups is 2. The van der Waals surface area contributed by atoms with E-state index in [0.29, 0.717) is 18.4 Å². The smallest absolute Gasteiger partial charge is 0.254 e. The number of ketones is 1. The minimum atomic E-state index is -0.729. The summed E-state index contributed by atoms with van der Waals surface area (Å²) >= 11 is 1.60. The van der Waals surface area contributed by atoms with Gasteiger partial charge in [0.2, 0.25) is 0 Å². The fourth-order valence-electron chi connectivity index (χ4n) is 4.17. The summed E-state index contributed by atoms with van der Waals surface area (Å²) in [6.07, 6.45) is 0.374. The maximum Gasteiger partial charge on any atom is 0.254 e. The predicted octanol–water partition coefficient (Wildman–Crippen LogP) is 3.91. The summed E-state index contributed by atoms with van der Waals surface area (Å²) < 4.78 is 0. The van der Waals surface area contributed by atoms with Crippen LogP contribution in [0.3, 0.4) is 0 Å². The maximum atomic E-state index is 13.1. The highest BCUT2D eigenvalue weighted by molar-refractivity contribution is 7.13. The van der Waals surface area contributed by atoms with Crippen LogP contribution < -0.4 is 0 Å². The molecule has 2 atom stereocenters. The van der Waals surface area contributed by atoms with E-state index in [0.717, 1.165) is 27.3 Å². The molecule has 1 aromatic heterocycles. The number of carbonyl (C=O) groups excluding carboxylic acids is 2. The van der Waals surface area contributed by atoms with Crippen molar-refractivity contribution in [1.29, 1.82) is 0 Å². The fourth-order valence-corrected chi connectivity index (χ4v) is 4.99. The third-order valence-electron chi connectivity index (χ3n) is 5.98. The summed E-state index contributed by atoms with van der Waals surface area (Å²) in [5.74, 6) is -0.397. The van der Waals surface area contributed by atoms with E-state index in [1.807, 2.05) is 36.7 Å². The molecule has 0 saturated carbocycles. The van der Waals surface area contributed by atoms with Crippen molar-refractivity contribution in [2.24, 2.45) is 0 Å². The molecular weight excluding hydrogens is 424 g/mol. The Kier molecular flexibility index (Phi) is 6.39. The second-order valence-corrected chi connectivity index (χ2v) is 9.15. The minimum absolute atomic E-state index is 0.00135. The van der Waals surface area contributed by atoms with Crippen molar-refractivity contribution in [1.82, 2.24) is 9.88 Å². The van der Waals surface area contributed by atoms with Gasteiger partial charge < -0.3 is 15.1 Å². The zero-order chi connectivity index (χ0) is 22.8. The summed E-state index contributed by atoms with van der Waals surface area (Å²) in [5.41, 5.74) is 6.06. The second kappa shape index (κ2) is 9.22. The number of hydrogen-bond donors (Lipinski definition) is 2. The molecule has 4 rings (SSSR count). The molecule has 0 aliphatic carbocycles. The lowest BCUT2D eigenvalue weighted by atomic mass is 9.99. The highest BCUT2D eigenvalue weighted by Crippen LogP contribution is 2.28. The molecule has 32 heavy (non-hydrogen) atoms. The molecular formula is C25H26N2O4S. The van der Waals surface area contributed by atoms with Gasteiger partial charge in [0.25, 0.3) is 5.91 Å². The highest BCUT2D eigenvalue weighted by atomic mass is 32.1. The van der Waals surface area contributed by atoms with Crippen molar-refractivity contribution < 1.29 is 19.8 Å². The van der Waals surface area contributed by atoms with Crippen molar-refractivity contribution in [3.05, 3.63) is 70.4 Å². The van der Waals surface area contributed by atoms with E-state index in [4.69, 9.17) is 0 Å². The first-order valence-corrected chi connectivity index (χ1v) is 11.5. The SMILES string of the molecule is Cc1ccc(O)cc1C(=O)N1C[C@H](O)C[C@H]1C(=O)CCc1ccc(-c2scnc2C)cc1. The van der Waals surface area contributed by atoms with E-state index in [-0.39, 0.29) is 30.4 Å². The third-order valence-corrected chi connectivity index (χ3v) is 6.96. The molecule has 166 valence electrons. The zero-order valence-corrected chi connectivity index (χ0v) is 18.9. The van der Waals surface area contributed by atoms with Gasteiger partial charge in [0.1, 0.15) is 5.75 Å². The normalized spacial score (nSPS) is 18.2. The number of hydrogen-bond acceptors (Lipinski definition) is 6. The quantitative estimate of drug-likeness (QED) is 0.594. The number of aliphatic hydroxyl groups excluding tert-OH is 1. The third kappa shape index (κ3) is 4.59. The van der Waals surface area contributed by atoms with E-state index >= 15 is 0 Å². The van der Waals surface area contributed by atoms with Crippen molar-refractivity contribution in [3.8, 4) is 16.2 Å². The number of amides is 1. The fraction of sp³-hybridized carbons (Fsp3) is 0.320. The van der Waals surface area contributed by atoms with Crippen LogP contribution in [0.25, 0.3) is 10.4 Å². The predicted molar refractivity (Wildman–Crippen MR) is 124 cm³/mol. The van der Waals surface area contributed by atoms with Crippen LogP contribution in [-0.4, -0.2) is 50.5 Å². The van der Waals surface area contributed by atoms with Crippen LogP contribution in [0.2, 0.25) is 0 Å². The molecule has 6 nitrogen and oxygen atoms in total. The Morgan fingerprint density at radius 2 is 1.91 bits per heavy atom. The van der Waals surface area contributed by atoms with E-state index in [1.54, 1.807) is 24.3 Å². The Labute approximate surface area is 191 Å². The number of benzene rings is 2. The first-order valence-electron chi connectivity index (χ1n) is 10.6. The number of aliphatic hydroxyl groups is 1. The molecule has 1 saturated heterocycles. The number of β-amino-alcohol motifs (C(OH)–C–C–N with tert-alkyl or cyclic N) is 1. The monoisotopic (exact) mass is 450 g/mol. The van der Waals surface area contributed by atoms with E-state index < -0.39 is 12.1 Å². The number of aryl methyl sites for hydroxylation is 3. The number of Topliss-reactive ketones (excluding diaryl/α,β-unsaturated/α-hetero) is 1. The molecule has 0 spiro atoms. The molecule has 1 aliphatic rings. The molecule has 2 aromatic carbocycles. The summed E-state index contributed by atoms with van der Waals surface area (Å²) in [5, 5.41) is 19.9.